The van der Waals surface area contributed by atoms with Crippen molar-refractivity contribution >= 4 is 34.1 Å². The third-order valence-electron chi connectivity index (χ3n) is 6.04. The summed E-state index contributed by atoms with van der Waals surface area (Å²) in [5, 5.41) is 4.97. The lowest BCUT2D eigenvalue weighted by atomic mass is 9.95. The number of anilines is 1. The minimum absolute atomic E-state index is 0.125. The zero-order chi connectivity index (χ0) is 19.3. The average Bonchev–Trinajstić information content (AvgIpc) is 3.24. The predicted octanol–water partition coefficient (Wildman–Crippen LogP) is 3.71. The minimum Gasteiger partial charge on any atom is -0.371 e. The second-order valence-corrected chi connectivity index (χ2v) is 8.38. The minimum atomic E-state index is 0.125. The number of carbonyl (C=O) groups excluding carboxylic acids is 1. The lowest BCUT2D eigenvalue weighted by Gasteiger charge is -2.33. The van der Waals surface area contributed by atoms with Gasteiger partial charge in [-0.25, -0.2) is 0 Å². The molecule has 0 spiro atoms. The molecule has 2 fully saturated rings. The van der Waals surface area contributed by atoms with Crippen molar-refractivity contribution in [2.45, 2.75) is 32.1 Å². The highest BCUT2D eigenvalue weighted by atomic mass is 35.5. The first-order chi connectivity index (χ1) is 13.7. The van der Waals surface area contributed by atoms with Gasteiger partial charge in [0.1, 0.15) is 0 Å². The molecule has 150 valence electrons. The van der Waals surface area contributed by atoms with Crippen LogP contribution in [-0.2, 0) is 4.79 Å². The van der Waals surface area contributed by atoms with Crippen LogP contribution in [0.2, 0.25) is 5.02 Å². The Morgan fingerprint density at radius 2 is 1.93 bits per heavy atom. The van der Waals surface area contributed by atoms with Gasteiger partial charge in [-0.3, -0.25) is 9.78 Å². The number of carbonyl (C=O) groups is 1. The number of nitrogens with one attached hydrogen (secondary N) is 1. The molecule has 2 aromatic rings. The van der Waals surface area contributed by atoms with E-state index < -0.39 is 0 Å². The molecule has 0 unspecified atom stereocenters. The lowest BCUT2D eigenvalue weighted by molar-refractivity contribution is -0.125. The summed E-state index contributed by atoms with van der Waals surface area (Å²) in [5.74, 6) is 0.350. The summed E-state index contributed by atoms with van der Waals surface area (Å²) < 4.78 is 0. The number of aromatic nitrogens is 1. The van der Waals surface area contributed by atoms with Crippen molar-refractivity contribution in [2.75, 3.05) is 44.2 Å². The van der Waals surface area contributed by atoms with Gasteiger partial charge in [-0.15, -0.1) is 0 Å². The molecule has 4 rings (SSSR count). The van der Waals surface area contributed by atoms with Gasteiger partial charge in [-0.1, -0.05) is 11.6 Å². The van der Waals surface area contributed by atoms with Crippen molar-refractivity contribution in [1.29, 1.82) is 0 Å². The van der Waals surface area contributed by atoms with Gasteiger partial charge in [0.25, 0.3) is 0 Å². The number of amides is 1. The molecule has 1 aromatic carbocycles. The first-order valence-electron chi connectivity index (χ1n) is 10.5. The molecule has 0 radical (unpaired) electrons. The summed E-state index contributed by atoms with van der Waals surface area (Å²) in [4.78, 5) is 21.8. The van der Waals surface area contributed by atoms with Crippen molar-refractivity contribution in [3.8, 4) is 0 Å². The van der Waals surface area contributed by atoms with Crippen LogP contribution < -0.4 is 10.2 Å². The maximum Gasteiger partial charge on any atom is 0.223 e. The van der Waals surface area contributed by atoms with Gasteiger partial charge in [0, 0.05) is 47.8 Å². The monoisotopic (exact) mass is 400 g/mol. The van der Waals surface area contributed by atoms with E-state index >= 15 is 0 Å². The van der Waals surface area contributed by atoms with E-state index in [0.29, 0.717) is 0 Å². The second kappa shape index (κ2) is 9.10. The topological polar surface area (TPSA) is 48.5 Å². The normalized spacial score (nSPS) is 18.7. The first-order valence-corrected chi connectivity index (χ1v) is 10.9. The number of pyridine rings is 1. The lowest BCUT2D eigenvalue weighted by Crippen LogP contribution is -2.41. The number of hydrogen-bond acceptors (Lipinski definition) is 4. The Morgan fingerprint density at radius 1 is 1.14 bits per heavy atom. The summed E-state index contributed by atoms with van der Waals surface area (Å²) >= 11 is 6.19. The number of piperidine rings is 1. The highest BCUT2D eigenvalue weighted by Gasteiger charge is 2.25. The summed E-state index contributed by atoms with van der Waals surface area (Å²) in [6.45, 7) is 6.12. The summed E-state index contributed by atoms with van der Waals surface area (Å²) in [6.07, 6.45) is 7.33. The molecule has 1 N–H and O–H groups in total. The molecule has 2 aliphatic rings. The van der Waals surface area contributed by atoms with E-state index in [-0.39, 0.29) is 11.8 Å². The van der Waals surface area contributed by atoms with E-state index in [1.165, 1.54) is 25.9 Å². The third kappa shape index (κ3) is 4.58. The SMILES string of the molecule is O=C(NCCCN1CCCC1)C1CCN(c2ccnc3ccc(Cl)cc23)CC1. The van der Waals surface area contributed by atoms with Gasteiger partial charge >= 0.3 is 0 Å². The van der Waals surface area contributed by atoms with Crippen molar-refractivity contribution in [3.63, 3.8) is 0 Å². The fourth-order valence-corrected chi connectivity index (χ4v) is 4.60. The number of halogens is 1. The molecule has 5 nitrogen and oxygen atoms in total. The van der Waals surface area contributed by atoms with Gasteiger partial charge in [0.2, 0.25) is 5.91 Å². The molecule has 28 heavy (non-hydrogen) atoms. The van der Waals surface area contributed by atoms with Crippen LogP contribution in [0, 0.1) is 5.92 Å². The van der Waals surface area contributed by atoms with Crippen LogP contribution in [0.25, 0.3) is 10.9 Å². The van der Waals surface area contributed by atoms with Gasteiger partial charge in [0.05, 0.1) is 5.52 Å². The number of likely N-dealkylation sites (tertiary alicyclic amines) is 1. The van der Waals surface area contributed by atoms with Gasteiger partial charge in [0.15, 0.2) is 0 Å². The number of nitrogens with zero attached hydrogens (tertiary/aromatic N) is 3. The van der Waals surface area contributed by atoms with Crippen molar-refractivity contribution < 1.29 is 4.79 Å². The summed E-state index contributed by atoms with van der Waals surface area (Å²) in [6, 6.07) is 7.88. The fraction of sp³-hybridized carbons (Fsp3) is 0.545. The number of hydrogen-bond donors (Lipinski definition) is 1. The largest absolute Gasteiger partial charge is 0.371 e. The highest BCUT2D eigenvalue weighted by Crippen LogP contribution is 2.31. The van der Waals surface area contributed by atoms with E-state index in [4.69, 9.17) is 11.6 Å². The van der Waals surface area contributed by atoms with Crippen molar-refractivity contribution in [3.05, 3.63) is 35.5 Å². The van der Waals surface area contributed by atoms with E-state index in [1.54, 1.807) is 0 Å². The zero-order valence-electron chi connectivity index (χ0n) is 16.4. The van der Waals surface area contributed by atoms with Crippen molar-refractivity contribution in [1.82, 2.24) is 15.2 Å². The first kappa shape index (κ1) is 19.5. The Balaban J connectivity index is 1.27. The molecule has 1 amide bonds. The molecule has 2 saturated heterocycles. The molecular weight excluding hydrogens is 372 g/mol. The van der Waals surface area contributed by atoms with Crippen LogP contribution >= 0.6 is 11.6 Å². The van der Waals surface area contributed by atoms with E-state index in [2.05, 4.69) is 26.2 Å². The van der Waals surface area contributed by atoms with Gasteiger partial charge in [-0.2, -0.15) is 0 Å². The molecule has 1 aromatic heterocycles. The Morgan fingerprint density at radius 3 is 2.71 bits per heavy atom. The zero-order valence-corrected chi connectivity index (χ0v) is 17.1. The Kier molecular flexibility index (Phi) is 6.33. The molecule has 0 aliphatic carbocycles. The summed E-state index contributed by atoms with van der Waals surface area (Å²) in [7, 11) is 0. The Bertz CT molecular complexity index is 813. The Labute approximate surface area is 172 Å². The van der Waals surface area contributed by atoms with Gasteiger partial charge < -0.3 is 15.1 Å². The smallest absolute Gasteiger partial charge is 0.223 e. The summed E-state index contributed by atoms with van der Waals surface area (Å²) in [5.41, 5.74) is 2.12. The van der Waals surface area contributed by atoms with Crippen LogP contribution in [0.15, 0.2) is 30.5 Å². The van der Waals surface area contributed by atoms with Gasteiger partial charge in [-0.05, 0) is 76.0 Å². The van der Waals surface area contributed by atoms with Crippen LogP contribution in [0.4, 0.5) is 5.69 Å². The maximum absolute atomic E-state index is 12.5. The highest BCUT2D eigenvalue weighted by molar-refractivity contribution is 6.31. The maximum atomic E-state index is 12.5. The van der Waals surface area contributed by atoms with Crippen LogP contribution in [0.3, 0.4) is 0 Å². The quantitative estimate of drug-likeness (QED) is 0.751. The molecule has 0 bridgehead atoms. The molecule has 6 heteroatoms. The number of rotatable bonds is 6. The molecule has 2 aliphatic heterocycles. The van der Waals surface area contributed by atoms with Crippen LogP contribution in [-0.4, -0.2) is 55.1 Å². The van der Waals surface area contributed by atoms with Crippen LogP contribution in [0.1, 0.15) is 32.1 Å². The average molecular weight is 401 g/mol. The Hall–Kier alpha value is -1.85. The van der Waals surface area contributed by atoms with Crippen molar-refractivity contribution in [2.24, 2.45) is 5.92 Å². The fourth-order valence-electron chi connectivity index (χ4n) is 4.43. The second-order valence-electron chi connectivity index (χ2n) is 7.95. The molecule has 3 heterocycles. The number of fused-ring (bicyclic) bond motifs is 1. The van der Waals surface area contributed by atoms with E-state index in [9.17, 15) is 4.79 Å². The standard InChI is InChI=1S/C22H29ClN4O/c23-18-4-5-20-19(16-18)21(6-10-24-20)27-14-7-17(8-15-27)22(28)25-9-3-13-26-11-1-2-12-26/h4-6,10,16-17H,1-3,7-9,11-15H2,(H,25,28). The molecule has 0 atom stereocenters. The predicted molar refractivity (Wildman–Crippen MR) is 115 cm³/mol. The third-order valence-corrected chi connectivity index (χ3v) is 6.27. The van der Waals surface area contributed by atoms with Crippen LogP contribution in [0.5, 0.6) is 0 Å². The van der Waals surface area contributed by atoms with E-state index in [0.717, 1.165) is 67.1 Å². The van der Waals surface area contributed by atoms with E-state index in [1.807, 2.05) is 24.4 Å². The molecular formula is C22H29ClN4O. The number of benzene rings is 1. The molecule has 0 saturated carbocycles.